The fourth-order valence-corrected chi connectivity index (χ4v) is 2.43. The molecule has 0 aromatic rings. The fourth-order valence-electron chi connectivity index (χ4n) is 2.43. The van der Waals surface area contributed by atoms with Crippen LogP contribution in [-0.4, -0.2) is 50.7 Å². The highest BCUT2D eigenvalue weighted by Gasteiger charge is 2.36. The van der Waals surface area contributed by atoms with Gasteiger partial charge in [-0.1, -0.05) is 13.8 Å². The van der Waals surface area contributed by atoms with Gasteiger partial charge >= 0.3 is 0 Å². The maximum atomic E-state index is 10.5. The molecule has 0 amide bonds. The normalized spacial score (nSPS) is 21.5. The monoisotopic (exact) mass is 273 g/mol. The summed E-state index contributed by atoms with van der Waals surface area (Å²) in [7, 11) is 1.68. The van der Waals surface area contributed by atoms with Crippen molar-refractivity contribution in [3.8, 4) is 0 Å². The number of rotatable bonds is 9. The maximum absolute atomic E-state index is 10.5. The van der Waals surface area contributed by atoms with Crippen LogP contribution in [0.15, 0.2) is 0 Å². The first-order valence-corrected chi connectivity index (χ1v) is 7.47. The molecule has 1 rings (SSSR count). The molecule has 0 aromatic carbocycles. The average Bonchev–Trinajstić information content (AvgIpc) is 2.37. The minimum atomic E-state index is -0.494. The third-order valence-electron chi connectivity index (χ3n) is 4.06. The molecule has 114 valence electrons. The third-order valence-corrected chi connectivity index (χ3v) is 4.06. The summed E-state index contributed by atoms with van der Waals surface area (Å²) in [6.45, 7) is 8.26. The standard InChI is InChI=1S/C15H31NO3/c1-14(2)5-7-15(17,8-6-14)13-16-9-4-10-19-12-11-18-3/h16-17H,4-13H2,1-3H3. The minimum absolute atomic E-state index is 0.404. The van der Waals surface area contributed by atoms with Gasteiger partial charge in [-0.05, 0) is 44.1 Å². The van der Waals surface area contributed by atoms with Crippen molar-refractivity contribution < 1.29 is 14.6 Å². The Hall–Kier alpha value is -0.160. The van der Waals surface area contributed by atoms with E-state index in [4.69, 9.17) is 9.47 Å². The quantitative estimate of drug-likeness (QED) is 0.631. The molecule has 0 aliphatic heterocycles. The average molecular weight is 273 g/mol. The van der Waals surface area contributed by atoms with E-state index >= 15 is 0 Å². The van der Waals surface area contributed by atoms with Crippen molar-refractivity contribution in [3.63, 3.8) is 0 Å². The molecule has 1 aliphatic carbocycles. The smallest absolute Gasteiger partial charge is 0.0772 e. The third kappa shape index (κ3) is 7.25. The van der Waals surface area contributed by atoms with Crippen LogP contribution < -0.4 is 5.32 Å². The number of aliphatic hydroxyl groups is 1. The van der Waals surface area contributed by atoms with Crippen molar-refractivity contribution in [2.24, 2.45) is 5.41 Å². The number of methoxy groups -OCH3 is 1. The van der Waals surface area contributed by atoms with Gasteiger partial charge in [0, 0.05) is 20.3 Å². The predicted octanol–water partition coefficient (Wildman–Crippen LogP) is 1.96. The molecule has 0 aromatic heterocycles. The lowest BCUT2D eigenvalue weighted by molar-refractivity contribution is -0.0245. The van der Waals surface area contributed by atoms with E-state index in [0.717, 1.165) is 45.3 Å². The minimum Gasteiger partial charge on any atom is -0.389 e. The second-order valence-electron chi connectivity index (χ2n) is 6.52. The highest BCUT2D eigenvalue weighted by Crippen LogP contribution is 2.39. The number of hydrogen-bond acceptors (Lipinski definition) is 4. The number of nitrogens with one attached hydrogen (secondary N) is 1. The first-order valence-electron chi connectivity index (χ1n) is 7.47. The molecule has 0 unspecified atom stereocenters. The van der Waals surface area contributed by atoms with Crippen LogP contribution in [-0.2, 0) is 9.47 Å². The zero-order chi connectivity index (χ0) is 14.2. The predicted molar refractivity (Wildman–Crippen MR) is 77.4 cm³/mol. The van der Waals surface area contributed by atoms with E-state index in [2.05, 4.69) is 19.2 Å². The molecule has 0 heterocycles. The number of ether oxygens (including phenoxy) is 2. The van der Waals surface area contributed by atoms with Crippen LogP contribution in [0, 0.1) is 5.41 Å². The SMILES string of the molecule is COCCOCCCNCC1(O)CCC(C)(C)CC1. The molecule has 0 saturated heterocycles. The summed E-state index contributed by atoms with van der Waals surface area (Å²) < 4.78 is 10.3. The molecule has 1 saturated carbocycles. The second-order valence-corrected chi connectivity index (χ2v) is 6.52. The van der Waals surface area contributed by atoms with E-state index in [1.807, 2.05) is 0 Å². The van der Waals surface area contributed by atoms with E-state index in [0.29, 0.717) is 25.2 Å². The molecule has 0 bridgehead atoms. The Morgan fingerprint density at radius 2 is 1.74 bits per heavy atom. The molecule has 4 heteroatoms. The topological polar surface area (TPSA) is 50.7 Å². The Morgan fingerprint density at radius 1 is 1.05 bits per heavy atom. The van der Waals surface area contributed by atoms with Crippen LogP contribution in [0.5, 0.6) is 0 Å². The Kier molecular flexibility index (Phi) is 7.29. The van der Waals surface area contributed by atoms with Crippen LogP contribution in [0.3, 0.4) is 0 Å². The highest BCUT2D eigenvalue weighted by molar-refractivity contribution is 4.90. The maximum Gasteiger partial charge on any atom is 0.0772 e. The van der Waals surface area contributed by atoms with Crippen molar-refractivity contribution in [1.82, 2.24) is 5.32 Å². The van der Waals surface area contributed by atoms with Crippen LogP contribution in [0.25, 0.3) is 0 Å². The molecule has 1 fully saturated rings. The lowest BCUT2D eigenvalue weighted by Gasteiger charge is -2.40. The summed E-state index contributed by atoms with van der Waals surface area (Å²) in [5, 5.41) is 13.8. The van der Waals surface area contributed by atoms with E-state index in [1.165, 1.54) is 0 Å². The van der Waals surface area contributed by atoms with Gasteiger partial charge < -0.3 is 19.9 Å². The largest absolute Gasteiger partial charge is 0.389 e. The van der Waals surface area contributed by atoms with Gasteiger partial charge in [0.1, 0.15) is 0 Å². The number of hydrogen-bond donors (Lipinski definition) is 2. The summed E-state index contributed by atoms with van der Waals surface area (Å²) in [5.74, 6) is 0. The Labute approximate surface area is 117 Å². The van der Waals surface area contributed by atoms with Gasteiger partial charge in [-0.2, -0.15) is 0 Å². The first kappa shape index (κ1) is 16.9. The molecule has 0 radical (unpaired) electrons. The van der Waals surface area contributed by atoms with Crippen LogP contribution in [0.4, 0.5) is 0 Å². The van der Waals surface area contributed by atoms with Gasteiger partial charge in [0.05, 0.1) is 18.8 Å². The van der Waals surface area contributed by atoms with Crippen molar-refractivity contribution in [2.45, 2.75) is 51.6 Å². The molecule has 0 atom stereocenters. The molecular formula is C15H31NO3. The van der Waals surface area contributed by atoms with Crippen LogP contribution >= 0.6 is 0 Å². The molecule has 4 nitrogen and oxygen atoms in total. The first-order chi connectivity index (χ1) is 8.97. The van der Waals surface area contributed by atoms with Gasteiger partial charge in [0.2, 0.25) is 0 Å². The van der Waals surface area contributed by atoms with Crippen molar-refractivity contribution in [2.75, 3.05) is 40.0 Å². The molecular weight excluding hydrogens is 242 g/mol. The van der Waals surface area contributed by atoms with E-state index in [9.17, 15) is 5.11 Å². The Morgan fingerprint density at radius 3 is 2.37 bits per heavy atom. The summed E-state index contributed by atoms with van der Waals surface area (Å²) in [6, 6.07) is 0. The molecule has 0 spiro atoms. The summed E-state index contributed by atoms with van der Waals surface area (Å²) in [6.07, 6.45) is 5.04. The van der Waals surface area contributed by atoms with Crippen LogP contribution in [0.2, 0.25) is 0 Å². The highest BCUT2D eigenvalue weighted by atomic mass is 16.5. The zero-order valence-electron chi connectivity index (χ0n) is 12.8. The Balaban J connectivity index is 2.00. The van der Waals surface area contributed by atoms with Gasteiger partial charge in [-0.15, -0.1) is 0 Å². The summed E-state index contributed by atoms with van der Waals surface area (Å²) in [4.78, 5) is 0. The van der Waals surface area contributed by atoms with E-state index in [-0.39, 0.29) is 0 Å². The van der Waals surface area contributed by atoms with E-state index in [1.54, 1.807) is 7.11 Å². The molecule has 1 aliphatic rings. The van der Waals surface area contributed by atoms with Crippen LogP contribution in [0.1, 0.15) is 46.0 Å². The van der Waals surface area contributed by atoms with Gasteiger partial charge in [-0.3, -0.25) is 0 Å². The van der Waals surface area contributed by atoms with Gasteiger partial charge in [-0.25, -0.2) is 0 Å². The zero-order valence-corrected chi connectivity index (χ0v) is 12.8. The lowest BCUT2D eigenvalue weighted by atomic mass is 9.71. The van der Waals surface area contributed by atoms with Gasteiger partial charge in [0.25, 0.3) is 0 Å². The fraction of sp³-hybridized carbons (Fsp3) is 1.00. The van der Waals surface area contributed by atoms with Crippen molar-refractivity contribution >= 4 is 0 Å². The molecule has 2 N–H and O–H groups in total. The van der Waals surface area contributed by atoms with E-state index < -0.39 is 5.60 Å². The molecule has 19 heavy (non-hydrogen) atoms. The van der Waals surface area contributed by atoms with Crippen molar-refractivity contribution in [1.29, 1.82) is 0 Å². The summed E-state index contributed by atoms with van der Waals surface area (Å²) >= 11 is 0. The Bertz CT molecular complexity index is 234. The van der Waals surface area contributed by atoms with Gasteiger partial charge in [0.15, 0.2) is 0 Å². The summed E-state index contributed by atoms with van der Waals surface area (Å²) in [5.41, 5.74) is -0.0894. The second kappa shape index (κ2) is 8.20. The van der Waals surface area contributed by atoms with Crippen molar-refractivity contribution in [3.05, 3.63) is 0 Å². The lowest BCUT2D eigenvalue weighted by Crippen LogP contribution is -2.45.